The smallest absolute Gasteiger partial charge is 0.269 e. The molecule has 1 N–H and O–H groups in total. The van der Waals surface area contributed by atoms with E-state index in [1.54, 1.807) is 37.3 Å². The molecular weight excluding hydrogens is 445 g/mol. The van der Waals surface area contributed by atoms with Gasteiger partial charge >= 0.3 is 0 Å². The Morgan fingerprint density at radius 3 is 2.48 bits per heavy atom. The van der Waals surface area contributed by atoms with Crippen molar-refractivity contribution < 1.29 is 18.9 Å². The molecule has 1 fully saturated rings. The van der Waals surface area contributed by atoms with Crippen LogP contribution in [-0.4, -0.2) is 39.5 Å². The van der Waals surface area contributed by atoms with E-state index in [2.05, 4.69) is 5.32 Å². The second-order valence-corrected chi connectivity index (χ2v) is 9.18. The number of benzene rings is 2. The first-order valence-corrected chi connectivity index (χ1v) is 12.1. The fourth-order valence-electron chi connectivity index (χ4n) is 3.84. The number of amides is 2. The highest BCUT2D eigenvalue weighted by molar-refractivity contribution is 7.99. The van der Waals surface area contributed by atoms with Crippen LogP contribution in [0.1, 0.15) is 43.7 Å². The molecule has 1 atom stereocenters. The molecular formula is C24H28FN3O4S. The molecule has 1 aliphatic rings. The zero-order valence-corrected chi connectivity index (χ0v) is 19.4. The van der Waals surface area contributed by atoms with Gasteiger partial charge in [0, 0.05) is 36.0 Å². The molecule has 0 unspecified atom stereocenters. The molecule has 1 aliphatic carbocycles. The summed E-state index contributed by atoms with van der Waals surface area (Å²) in [5.41, 5.74) is 1.22. The summed E-state index contributed by atoms with van der Waals surface area (Å²) in [5.74, 6) is -0.324. The van der Waals surface area contributed by atoms with Crippen molar-refractivity contribution in [3.05, 3.63) is 75.6 Å². The highest BCUT2D eigenvalue weighted by Gasteiger charge is 2.28. The zero-order valence-electron chi connectivity index (χ0n) is 18.5. The first kappa shape index (κ1) is 24.7. The Bertz CT molecular complexity index is 980. The van der Waals surface area contributed by atoms with E-state index in [-0.39, 0.29) is 35.8 Å². The summed E-state index contributed by atoms with van der Waals surface area (Å²) >= 11 is 1.35. The topological polar surface area (TPSA) is 92.6 Å². The predicted octanol–water partition coefficient (Wildman–Crippen LogP) is 4.44. The molecule has 7 nitrogen and oxygen atoms in total. The minimum Gasteiger partial charge on any atom is -0.352 e. The molecule has 2 aromatic carbocycles. The summed E-state index contributed by atoms with van der Waals surface area (Å²) in [6.45, 7) is 1.67. The van der Waals surface area contributed by atoms with Gasteiger partial charge in [0.05, 0.1) is 10.7 Å². The molecule has 0 aromatic heterocycles. The molecule has 0 heterocycles. The molecule has 176 valence electrons. The third-order valence-electron chi connectivity index (χ3n) is 5.81. The summed E-state index contributed by atoms with van der Waals surface area (Å²) in [6, 6.07) is 11.8. The van der Waals surface area contributed by atoms with Crippen molar-refractivity contribution in [3.63, 3.8) is 0 Å². The molecule has 0 aliphatic heterocycles. The first-order chi connectivity index (χ1) is 15.8. The summed E-state index contributed by atoms with van der Waals surface area (Å²) in [5, 5.41) is 13.8. The number of carbonyl (C=O) groups is 2. The number of hydrogen-bond acceptors (Lipinski definition) is 5. The van der Waals surface area contributed by atoms with Gasteiger partial charge in [-0.1, -0.05) is 43.2 Å². The lowest BCUT2D eigenvalue weighted by molar-refractivity contribution is -0.384. The van der Waals surface area contributed by atoms with Gasteiger partial charge in [-0.25, -0.2) is 4.39 Å². The molecule has 0 spiro atoms. The third-order valence-corrected chi connectivity index (χ3v) is 6.80. The highest BCUT2D eigenvalue weighted by Crippen LogP contribution is 2.21. The van der Waals surface area contributed by atoms with Gasteiger partial charge < -0.3 is 10.2 Å². The van der Waals surface area contributed by atoms with Gasteiger partial charge in [0.2, 0.25) is 11.8 Å². The van der Waals surface area contributed by atoms with Crippen LogP contribution in [0.2, 0.25) is 0 Å². The van der Waals surface area contributed by atoms with Crippen molar-refractivity contribution in [2.75, 3.05) is 5.75 Å². The third kappa shape index (κ3) is 7.02. The number of non-ortho nitro benzene ring substituents is 1. The number of nitro groups is 1. The minimum absolute atomic E-state index is 0.00283. The number of nitro benzene ring substituents is 1. The van der Waals surface area contributed by atoms with Crippen LogP contribution in [-0.2, 0) is 21.9 Å². The van der Waals surface area contributed by atoms with E-state index in [4.69, 9.17) is 0 Å². The number of halogens is 1. The van der Waals surface area contributed by atoms with Gasteiger partial charge in [0.15, 0.2) is 0 Å². The zero-order chi connectivity index (χ0) is 23.8. The van der Waals surface area contributed by atoms with E-state index in [1.807, 2.05) is 0 Å². The predicted molar refractivity (Wildman–Crippen MR) is 126 cm³/mol. The maximum atomic E-state index is 14.3. The standard InChI is InChI=1S/C24H28FN3O4S/c1-17(24(30)26-20-7-3-4-8-20)27(14-19-6-2-5-9-22(19)25)23(29)16-33-15-18-10-12-21(13-11-18)28(31)32/h2,5-6,9-13,17,20H,3-4,7-8,14-16H2,1H3,(H,26,30)/t17-/m0/s1. The summed E-state index contributed by atoms with van der Waals surface area (Å²) < 4.78 is 14.3. The molecule has 33 heavy (non-hydrogen) atoms. The van der Waals surface area contributed by atoms with Gasteiger partial charge in [-0.2, -0.15) is 0 Å². The molecule has 2 aromatic rings. The molecule has 0 bridgehead atoms. The van der Waals surface area contributed by atoms with Crippen molar-refractivity contribution in [1.29, 1.82) is 0 Å². The fourth-order valence-corrected chi connectivity index (χ4v) is 4.71. The van der Waals surface area contributed by atoms with Crippen LogP contribution in [0.3, 0.4) is 0 Å². The number of nitrogens with one attached hydrogen (secondary N) is 1. The summed E-state index contributed by atoms with van der Waals surface area (Å²) in [6.07, 6.45) is 4.03. The normalized spacial score (nSPS) is 14.6. The maximum Gasteiger partial charge on any atom is 0.269 e. The lowest BCUT2D eigenvalue weighted by Gasteiger charge is -2.29. The summed E-state index contributed by atoms with van der Waals surface area (Å²) in [4.78, 5) is 37.7. The van der Waals surface area contributed by atoms with Gasteiger partial charge in [0.1, 0.15) is 11.9 Å². The number of thioether (sulfide) groups is 1. The lowest BCUT2D eigenvalue weighted by atomic mass is 10.1. The Labute approximate surface area is 196 Å². The monoisotopic (exact) mass is 473 g/mol. The van der Waals surface area contributed by atoms with E-state index in [1.165, 1.54) is 34.9 Å². The van der Waals surface area contributed by atoms with Crippen LogP contribution in [0.5, 0.6) is 0 Å². The van der Waals surface area contributed by atoms with Crippen molar-refractivity contribution in [3.8, 4) is 0 Å². The van der Waals surface area contributed by atoms with Gasteiger partial charge in [-0.3, -0.25) is 19.7 Å². The Kier molecular flexibility index (Phi) is 8.82. The average Bonchev–Trinajstić information content (AvgIpc) is 3.31. The summed E-state index contributed by atoms with van der Waals surface area (Å²) in [7, 11) is 0. The van der Waals surface area contributed by atoms with Crippen molar-refractivity contribution >= 4 is 29.3 Å². The van der Waals surface area contributed by atoms with Gasteiger partial charge in [0.25, 0.3) is 5.69 Å². The fraction of sp³-hybridized carbons (Fsp3) is 0.417. The van der Waals surface area contributed by atoms with Crippen LogP contribution in [0.25, 0.3) is 0 Å². The molecule has 9 heteroatoms. The molecule has 2 amide bonds. The minimum atomic E-state index is -0.738. The Morgan fingerprint density at radius 1 is 1.18 bits per heavy atom. The highest BCUT2D eigenvalue weighted by atomic mass is 32.2. The number of carbonyl (C=O) groups excluding carboxylic acids is 2. The number of rotatable bonds is 10. The van der Waals surface area contributed by atoms with E-state index < -0.39 is 16.8 Å². The number of nitrogens with zero attached hydrogens (tertiary/aromatic N) is 2. The molecule has 0 saturated heterocycles. The van der Waals surface area contributed by atoms with Crippen LogP contribution in [0.4, 0.5) is 10.1 Å². The molecule has 3 rings (SSSR count). The maximum absolute atomic E-state index is 14.3. The van der Waals surface area contributed by atoms with E-state index in [0.29, 0.717) is 11.3 Å². The van der Waals surface area contributed by atoms with Crippen LogP contribution >= 0.6 is 11.8 Å². The van der Waals surface area contributed by atoms with Gasteiger partial charge in [-0.05, 0) is 31.4 Å². The number of hydrogen-bond donors (Lipinski definition) is 1. The first-order valence-electron chi connectivity index (χ1n) is 11.0. The van der Waals surface area contributed by atoms with Crippen molar-refractivity contribution in [2.45, 2.75) is 57.0 Å². The Hall–Kier alpha value is -2.94. The Balaban J connectivity index is 1.64. The molecule has 0 radical (unpaired) electrons. The molecule has 1 saturated carbocycles. The Morgan fingerprint density at radius 2 is 1.85 bits per heavy atom. The van der Waals surface area contributed by atoms with Crippen molar-refractivity contribution in [1.82, 2.24) is 10.2 Å². The second-order valence-electron chi connectivity index (χ2n) is 8.20. The van der Waals surface area contributed by atoms with Gasteiger partial charge in [-0.15, -0.1) is 11.8 Å². The largest absolute Gasteiger partial charge is 0.352 e. The quantitative estimate of drug-likeness (QED) is 0.407. The lowest BCUT2D eigenvalue weighted by Crippen LogP contribution is -2.50. The SMILES string of the molecule is C[C@@H](C(=O)NC1CCCC1)N(Cc1ccccc1F)C(=O)CSCc1ccc([N+](=O)[O-])cc1. The van der Waals surface area contributed by atoms with E-state index in [0.717, 1.165) is 31.2 Å². The van der Waals surface area contributed by atoms with Crippen molar-refractivity contribution in [2.24, 2.45) is 0 Å². The average molecular weight is 474 g/mol. The van der Waals surface area contributed by atoms with E-state index in [9.17, 15) is 24.1 Å². The van der Waals surface area contributed by atoms with Crippen LogP contribution in [0.15, 0.2) is 48.5 Å². The van der Waals surface area contributed by atoms with E-state index >= 15 is 0 Å². The van der Waals surface area contributed by atoms with Crippen LogP contribution in [0, 0.1) is 15.9 Å². The second kappa shape index (κ2) is 11.8. The van der Waals surface area contributed by atoms with Crippen LogP contribution < -0.4 is 5.32 Å².